The minimum Gasteiger partial charge on any atom is -0.376 e. The highest BCUT2D eigenvalue weighted by molar-refractivity contribution is 5.79. The predicted octanol–water partition coefficient (Wildman–Crippen LogP) is 2.59. The van der Waals surface area contributed by atoms with Crippen molar-refractivity contribution >= 4 is 11.8 Å². The van der Waals surface area contributed by atoms with E-state index in [-0.39, 0.29) is 16.9 Å². The Morgan fingerprint density at radius 2 is 1.84 bits per heavy atom. The van der Waals surface area contributed by atoms with Crippen LogP contribution in [0.1, 0.15) is 65.2 Å². The molecule has 4 aliphatic rings. The van der Waals surface area contributed by atoms with Gasteiger partial charge in [0.05, 0.1) is 5.60 Å². The fourth-order valence-corrected chi connectivity index (χ4v) is 5.07. The Kier molecular flexibility index (Phi) is 4.33. The molecule has 0 bridgehead atoms. The molecule has 25 heavy (non-hydrogen) atoms. The first-order chi connectivity index (χ1) is 11.9. The van der Waals surface area contributed by atoms with Gasteiger partial charge in [-0.1, -0.05) is 0 Å². The lowest BCUT2D eigenvalue weighted by Gasteiger charge is -2.48. The van der Waals surface area contributed by atoms with E-state index in [0.29, 0.717) is 30.9 Å². The number of hydrogen-bond acceptors (Lipinski definition) is 3. The summed E-state index contributed by atoms with van der Waals surface area (Å²) in [6, 6.07) is 0.522. The largest absolute Gasteiger partial charge is 0.376 e. The van der Waals surface area contributed by atoms with Gasteiger partial charge in [-0.25, -0.2) is 0 Å². The molecule has 2 amide bonds. The second kappa shape index (κ2) is 6.26. The second-order valence-corrected chi connectivity index (χ2v) is 9.38. The van der Waals surface area contributed by atoms with E-state index in [4.69, 9.17) is 4.74 Å². The van der Waals surface area contributed by atoms with Gasteiger partial charge in [0, 0.05) is 44.6 Å². The molecule has 1 atom stereocenters. The van der Waals surface area contributed by atoms with E-state index in [0.717, 1.165) is 51.7 Å². The zero-order valence-corrected chi connectivity index (χ0v) is 15.8. The smallest absolute Gasteiger partial charge is 0.225 e. The molecule has 0 aromatic rings. The van der Waals surface area contributed by atoms with Crippen molar-refractivity contribution in [2.24, 2.45) is 11.3 Å². The maximum Gasteiger partial charge on any atom is 0.225 e. The average molecular weight is 348 g/mol. The number of piperidine rings is 2. The van der Waals surface area contributed by atoms with E-state index >= 15 is 0 Å². The number of likely N-dealkylation sites (tertiary alicyclic amines) is 2. The Labute approximate surface area is 151 Å². The third kappa shape index (κ3) is 3.57. The third-order valence-electron chi connectivity index (χ3n) is 6.87. The number of nitrogens with zero attached hydrogens (tertiary/aromatic N) is 2. The van der Waals surface area contributed by atoms with E-state index in [9.17, 15) is 9.59 Å². The van der Waals surface area contributed by atoms with Crippen molar-refractivity contribution in [1.29, 1.82) is 0 Å². The molecule has 5 heteroatoms. The normalized spacial score (nSPS) is 32.1. The lowest BCUT2D eigenvalue weighted by molar-refractivity contribution is -0.150. The first-order valence-electron chi connectivity index (χ1n) is 10.1. The van der Waals surface area contributed by atoms with Crippen molar-refractivity contribution < 1.29 is 14.3 Å². The molecule has 3 aliphatic heterocycles. The summed E-state index contributed by atoms with van der Waals surface area (Å²) < 4.78 is 5.77. The van der Waals surface area contributed by atoms with Crippen LogP contribution in [0.25, 0.3) is 0 Å². The summed E-state index contributed by atoms with van der Waals surface area (Å²) in [5.41, 5.74) is 0.0896. The van der Waals surface area contributed by atoms with Gasteiger partial charge in [-0.3, -0.25) is 9.59 Å². The highest BCUT2D eigenvalue weighted by Crippen LogP contribution is 2.44. The molecule has 0 N–H and O–H groups in total. The molecule has 0 radical (unpaired) electrons. The Morgan fingerprint density at radius 3 is 2.48 bits per heavy atom. The van der Waals surface area contributed by atoms with E-state index in [1.165, 1.54) is 12.8 Å². The van der Waals surface area contributed by atoms with Crippen LogP contribution < -0.4 is 0 Å². The third-order valence-corrected chi connectivity index (χ3v) is 6.87. The van der Waals surface area contributed by atoms with Gasteiger partial charge in [0.1, 0.15) is 0 Å². The number of ether oxygens (including phenoxy) is 1. The highest BCUT2D eigenvalue weighted by Gasteiger charge is 2.46. The number of amides is 2. The van der Waals surface area contributed by atoms with Crippen molar-refractivity contribution in [3.63, 3.8) is 0 Å². The van der Waals surface area contributed by atoms with Gasteiger partial charge in [0.25, 0.3) is 0 Å². The van der Waals surface area contributed by atoms with Crippen LogP contribution >= 0.6 is 0 Å². The van der Waals surface area contributed by atoms with Crippen LogP contribution in [0.3, 0.4) is 0 Å². The van der Waals surface area contributed by atoms with Gasteiger partial charge in [-0.05, 0) is 64.2 Å². The Bertz CT molecular complexity index is 547. The van der Waals surface area contributed by atoms with E-state index < -0.39 is 0 Å². The first-order valence-corrected chi connectivity index (χ1v) is 10.1. The summed E-state index contributed by atoms with van der Waals surface area (Å²) in [5.74, 6) is 0.807. The van der Waals surface area contributed by atoms with E-state index in [2.05, 4.69) is 23.6 Å². The summed E-state index contributed by atoms with van der Waals surface area (Å²) in [4.78, 5) is 29.4. The lowest BCUT2D eigenvalue weighted by atomic mass is 9.72. The van der Waals surface area contributed by atoms with Crippen molar-refractivity contribution in [2.75, 3.05) is 26.2 Å². The van der Waals surface area contributed by atoms with Crippen LogP contribution in [0, 0.1) is 11.3 Å². The summed E-state index contributed by atoms with van der Waals surface area (Å²) in [6.07, 6.45) is 7.90. The maximum absolute atomic E-state index is 13.0. The van der Waals surface area contributed by atoms with Crippen LogP contribution in [-0.4, -0.2) is 59.5 Å². The SMILES string of the molecule is CC1(C)C[C@@H](C(=O)N2CCC3(CCC(=O)N(C4CC4)C3)CC2)CCO1. The van der Waals surface area contributed by atoms with Crippen LogP contribution in [0.5, 0.6) is 0 Å². The summed E-state index contributed by atoms with van der Waals surface area (Å²) in [5, 5.41) is 0. The molecule has 0 unspecified atom stereocenters. The molecular formula is C20H32N2O3. The second-order valence-electron chi connectivity index (χ2n) is 9.38. The van der Waals surface area contributed by atoms with Gasteiger partial charge < -0.3 is 14.5 Å². The molecule has 1 aliphatic carbocycles. The zero-order valence-electron chi connectivity index (χ0n) is 15.8. The Morgan fingerprint density at radius 1 is 1.12 bits per heavy atom. The number of rotatable bonds is 2. The van der Waals surface area contributed by atoms with Crippen LogP contribution in [0.4, 0.5) is 0 Å². The Hall–Kier alpha value is -1.10. The van der Waals surface area contributed by atoms with Gasteiger partial charge in [-0.15, -0.1) is 0 Å². The standard InChI is InChI=1S/C20H32N2O3/c1-19(2)13-15(6-12-25-19)18(24)21-10-8-20(9-11-21)7-5-17(23)22(14-20)16-3-4-16/h15-16H,3-14H2,1-2H3/t15-/m0/s1. The number of carbonyl (C=O) groups excluding carboxylic acids is 2. The molecule has 0 aromatic heterocycles. The molecule has 4 fully saturated rings. The van der Waals surface area contributed by atoms with Crippen molar-refractivity contribution in [3.05, 3.63) is 0 Å². The van der Waals surface area contributed by atoms with Gasteiger partial charge in [-0.2, -0.15) is 0 Å². The summed E-state index contributed by atoms with van der Waals surface area (Å²) >= 11 is 0. The molecular weight excluding hydrogens is 316 g/mol. The number of carbonyl (C=O) groups is 2. The van der Waals surface area contributed by atoms with Crippen molar-refractivity contribution in [2.45, 2.75) is 76.9 Å². The Balaban J connectivity index is 1.35. The maximum atomic E-state index is 13.0. The predicted molar refractivity (Wildman–Crippen MR) is 95.0 cm³/mol. The molecule has 0 aromatic carbocycles. The topological polar surface area (TPSA) is 49.9 Å². The lowest BCUT2D eigenvalue weighted by Crippen LogP contribution is -2.54. The van der Waals surface area contributed by atoms with Gasteiger partial charge in [0.15, 0.2) is 0 Å². The fourth-order valence-electron chi connectivity index (χ4n) is 5.07. The van der Waals surface area contributed by atoms with Crippen LogP contribution in [-0.2, 0) is 14.3 Å². The van der Waals surface area contributed by atoms with E-state index in [1.807, 2.05) is 0 Å². The molecule has 1 saturated carbocycles. The highest BCUT2D eigenvalue weighted by atomic mass is 16.5. The molecule has 4 rings (SSSR count). The molecule has 3 heterocycles. The number of hydrogen-bond donors (Lipinski definition) is 0. The van der Waals surface area contributed by atoms with Gasteiger partial charge >= 0.3 is 0 Å². The fraction of sp³-hybridized carbons (Fsp3) is 0.900. The van der Waals surface area contributed by atoms with Crippen LogP contribution in [0.15, 0.2) is 0 Å². The summed E-state index contributed by atoms with van der Waals surface area (Å²) in [6.45, 7) is 7.53. The molecule has 140 valence electrons. The van der Waals surface area contributed by atoms with Crippen molar-refractivity contribution in [1.82, 2.24) is 9.80 Å². The van der Waals surface area contributed by atoms with Crippen LogP contribution in [0.2, 0.25) is 0 Å². The summed E-state index contributed by atoms with van der Waals surface area (Å²) in [7, 11) is 0. The van der Waals surface area contributed by atoms with Gasteiger partial charge in [0.2, 0.25) is 11.8 Å². The van der Waals surface area contributed by atoms with Crippen molar-refractivity contribution in [3.8, 4) is 0 Å². The average Bonchev–Trinajstić information content (AvgIpc) is 3.41. The molecule has 1 spiro atoms. The molecule has 3 saturated heterocycles. The monoisotopic (exact) mass is 348 g/mol. The molecule has 5 nitrogen and oxygen atoms in total. The minimum atomic E-state index is -0.177. The quantitative estimate of drug-likeness (QED) is 0.771. The first kappa shape index (κ1) is 17.3. The zero-order chi connectivity index (χ0) is 17.7. The minimum absolute atomic E-state index is 0.119. The van der Waals surface area contributed by atoms with E-state index in [1.54, 1.807) is 0 Å².